The van der Waals surface area contributed by atoms with Crippen molar-refractivity contribution in [2.45, 2.75) is 57.8 Å². The van der Waals surface area contributed by atoms with Gasteiger partial charge in [0.2, 0.25) is 0 Å². The van der Waals surface area contributed by atoms with Crippen LogP contribution in [0.1, 0.15) is 45.1 Å². The molecule has 1 aliphatic heterocycles. The lowest BCUT2D eigenvalue weighted by Gasteiger charge is -2.59. The third-order valence-electron chi connectivity index (χ3n) is 10.4. The van der Waals surface area contributed by atoms with Crippen LogP contribution in [0.4, 0.5) is 4.39 Å². The Bertz CT molecular complexity index is 1160. The highest BCUT2D eigenvalue weighted by Gasteiger charge is 2.75. The summed E-state index contributed by atoms with van der Waals surface area (Å²) in [4.78, 5) is 32.1. The Labute approximate surface area is 210 Å². The van der Waals surface area contributed by atoms with E-state index in [1.807, 2.05) is 6.08 Å². The van der Waals surface area contributed by atoms with Gasteiger partial charge in [-0.1, -0.05) is 37.6 Å². The van der Waals surface area contributed by atoms with E-state index >= 15 is 0 Å². The van der Waals surface area contributed by atoms with Crippen molar-refractivity contribution in [1.82, 2.24) is 5.06 Å². The number of Topliss-reactive ketones (excluding diaryl/α,β-unsaturated/α-hetero) is 1. The minimum Gasteiger partial charge on any atom is -0.393 e. The molecule has 0 radical (unpaired) electrons. The van der Waals surface area contributed by atoms with Crippen LogP contribution in [-0.4, -0.2) is 51.7 Å². The Kier molecular flexibility index (Phi) is 5.47. The predicted molar refractivity (Wildman–Crippen MR) is 130 cm³/mol. The molecule has 0 spiro atoms. The van der Waals surface area contributed by atoms with Crippen LogP contribution in [0.3, 0.4) is 0 Å². The third kappa shape index (κ3) is 3.16. The number of aliphatic hydroxyl groups is 2. The zero-order valence-corrected chi connectivity index (χ0v) is 20.8. The van der Waals surface area contributed by atoms with E-state index in [-0.39, 0.29) is 46.5 Å². The number of ketones is 2. The first-order chi connectivity index (χ1) is 17.1. The Hall–Kier alpha value is -2.19. The minimum absolute atomic E-state index is 0.00797. The molecule has 4 aliphatic carbocycles. The summed E-state index contributed by atoms with van der Waals surface area (Å²) in [5.74, 6) is -0.417. The maximum atomic E-state index is 13.5. The minimum atomic E-state index is -1.20. The highest BCUT2D eigenvalue weighted by molar-refractivity contribution is 6.01. The smallest absolute Gasteiger partial charge is 0.192 e. The quantitative estimate of drug-likeness (QED) is 0.666. The van der Waals surface area contributed by atoms with E-state index in [9.17, 15) is 24.2 Å². The molecule has 0 aromatic heterocycles. The standard InChI is InChI=1S/C29H34FNO5/c1-27-10-9-21(33)11-18(27)5-8-22-23-12-19-15-31(14-17-3-6-20(30)7-4-17)36-29(19,25(35)16-32)28(23,2)13-24(34)26(22)27/h3-4,6-7,9-11,19,22-24,26,32,34H,5,8,12-16H2,1-2H3/t19-,22-,23-,24-,26+,27-,28-,29-/m0/s1. The molecular formula is C29H34FNO5. The molecule has 2 N–H and O–H groups in total. The van der Waals surface area contributed by atoms with Gasteiger partial charge in [-0.2, -0.15) is 5.06 Å². The summed E-state index contributed by atoms with van der Waals surface area (Å²) in [6.07, 6.45) is 7.54. The summed E-state index contributed by atoms with van der Waals surface area (Å²) >= 11 is 0. The molecule has 1 saturated heterocycles. The number of hydrogen-bond donors (Lipinski definition) is 2. The van der Waals surface area contributed by atoms with Crippen molar-refractivity contribution in [3.05, 3.63) is 59.4 Å². The number of fused-ring (bicyclic) bond motifs is 7. The second-order valence-electron chi connectivity index (χ2n) is 12.0. The molecule has 0 bridgehead atoms. The van der Waals surface area contributed by atoms with Crippen LogP contribution in [0.2, 0.25) is 0 Å². The molecule has 4 fully saturated rings. The van der Waals surface area contributed by atoms with E-state index in [1.54, 1.807) is 29.3 Å². The summed E-state index contributed by atoms with van der Waals surface area (Å²) in [6, 6.07) is 6.25. The highest BCUT2D eigenvalue weighted by Crippen LogP contribution is 2.70. The van der Waals surface area contributed by atoms with E-state index in [0.717, 1.165) is 30.4 Å². The van der Waals surface area contributed by atoms with Gasteiger partial charge < -0.3 is 10.2 Å². The lowest BCUT2D eigenvalue weighted by molar-refractivity contribution is -0.254. The molecule has 3 saturated carbocycles. The third-order valence-corrected chi connectivity index (χ3v) is 10.4. The van der Waals surface area contributed by atoms with E-state index in [1.165, 1.54) is 12.1 Å². The van der Waals surface area contributed by atoms with Crippen molar-refractivity contribution in [3.8, 4) is 0 Å². The SMILES string of the molecule is C[C@]12C=CC(=O)C=C1CC[C@@H]1[C@@H]2[C@@H](O)C[C@@]2(C)[C@H]1C[C@H]1CN(Cc3ccc(F)cc3)O[C@]12C(=O)CO. The normalized spacial score (nSPS) is 43.4. The number of rotatable bonds is 4. The second-order valence-corrected chi connectivity index (χ2v) is 12.0. The molecule has 5 aliphatic rings. The van der Waals surface area contributed by atoms with E-state index in [0.29, 0.717) is 19.5 Å². The van der Waals surface area contributed by atoms with Crippen molar-refractivity contribution < 1.29 is 29.0 Å². The number of hydroxylamine groups is 2. The van der Waals surface area contributed by atoms with Gasteiger partial charge in [-0.25, -0.2) is 4.39 Å². The Balaban J connectivity index is 1.34. The van der Waals surface area contributed by atoms with Crippen molar-refractivity contribution in [1.29, 1.82) is 0 Å². The van der Waals surface area contributed by atoms with Gasteiger partial charge in [-0.15, -0.1) is 0 Å². The maximum Gasteiger partial charge on any atom is 0.192 e. The fourth-order valence-electron chi connectivity index (χ4n) is 8.95. The molecule has 7 heteroatoms. The summed E-state index contributed by atoms with van der Waals surface area (Å²) in [7, 11) is 0. The fourth-order valence-corrected chi connectivity index (χ4v) is 8.95. The molecular weight excluding hydrogens is 461 g/mol. The zero-order valence-electron chi connectivity index (χ0n) is 20.8. The van der Waals surface area contributed by atoms with Gasteiger partial charge in [0.25, 0.3) is 0 Å². The van der Waals surface area contributed by atoms with E-state index in [4.69, 9.17) is 4.84 Å². The van der Waals surface area contributed by atoms with Crippen LogP contribution in [0.15, 0.2) is 48.1 Å². The predicted octanol–water partition coefficient (Wildman–Crippen LogP) is 3.38. The molecule has 0 amide bonds. The number of aliphatic hydroxyl groups excluding tert-OH is 2. The lowest BCUT2D eigenvalue weighted by atomic mass is 9.46. The Morgan fingerprint density at radius 2 is 2.00 bits per heavy atom. The molecule has 1 aromatic rings. The number of carbonyl (C=O) groups excluding carboxylic acids is 2. The van der Waals surface area contributed by atoms with Crippen LogP contribution < -0.4 is 0 Å². The average molecular weight is 496 g/mol. The van der Waals surface area contributed by atoms with Crippen LogP contribution in [0.25, 0.3) is 0 Å². The maximum absolute atomic E-state index is 13.5. The Morgan fingerprint density at radius 3 is 2.72 bits per heavy atom. The molecule has 1 aromatic carbocycles. The molecule has 36 heavy (non-hydrogen) atoms. The van der Waals surface area contributed by atoms with Crippen molar-refractivity contribution >= 4 is 11.6 Å². The summed E-state index contributed by atoms with van der Waals surface area (Å²) < 4.78 is 13.4. The summed E-state index contributed by atoms with van der Waals surface area (Å²) in [5, 5.41) is 23.5. The first kappa shape index (κ1) is 24.2. The molecule has 0 unspecified atom stereocenters. The number of benzene rings is 1. The van der Waals surface area contributed by atoms with Crippen molar-refractivity contribution in [3.63, 3.8) is 0 Å². The van der Waals surface area contributed by atoms with Gasteiger partial charge >= 0.3 is 0 Å². The van der Waals surface area contributed by atoms with Crippen LogP contribution in [-0.2, 0) is 21.0 Å². The van der Waals surface area contributed by atoms with Crippen LogP contribution in [0, 0.1) is 40.3 Å². The number of allylic oxidation sites excluding steroid dienone is 4. The number of halogens is 1. The van der Waals surface area contributed by atoms with Gasteiger partial charge in [0, 0.05) is 35.8 Å². The number of nitrogens with zero attached hydrogens (tertiary/aromatic N) is 1. The topological polar surface area (TPSA) is 87.1 Å². The fraction of sp³-hybridized carbons (Fsp3) is 0.586. The molecule has 192 valence electrons. The van der Waals surface area contributed by atoms with Crippen LogP contribution >= 0.6 is 0 Å². The largest absolute Gasteiger partial charge is 0.393 e. The number of carbonyl (C=O) groups is 2. The lowest BCUT2D eigenvalue weighted by Crippen LogP contribution is -2.63. The van der Waals surface area contributed by atoms with Gasteiger partial charge in [0.15, 0.2) is 17.2 Å². The molecule has 6 nitrogen and oxygen atoms in total. The zero-order chi connectivity index (χ0) is 25.5. The van der Waals surface area contributed by atoms with Gasteiger partial charge in [0.05, 0.1) is 6.10 Å². The molecule has 1 heterocycles. The summed E-state index contributed by atoms with van der Waals surface area (Å²) in [5.41, 5.74) is -0.236. The van der Waals surface area contributed by atoms with Crippen molar-refractivity contribution in [2.75, 3.05) is 13.2 Å². The Morgan fingerprint density at radius 1 is 1.25 bits per heavy atom. The monoisotopic (exact) mass is 495 g/mol. The van der Waals surface area contributed by atoms with Crippen LogP contribution in [0.5, 0.6) is 0 Å². The summed E-state index contributed by atoms with van der Waals surface area (Å²) in [6.45, 7) is 4.55. The van der Waals surface area contributed by atoms with Gasteiger partial charge in [-0.3, -0.25) is 14.4 Å². The van der Waals surface area contributed by atoms with Gasteiger partial charge in [0.1, 0.15) is 12.4 Å². The highest BCUT2D eigenvalue weighted by atomic mass is 19.1. The number of hydrogen-bond acceptors (Lipinski definition) is 6. The van der Waals surface area contributed by atoms with Crippen molar-refractivity contribution in [2.24, 2.45) is 34.5 Å². The first-order valence-electron chi connectivity index (χ1n) is 13.1. The molecule has 8 atom stereocenters. The average Bonchev–Trinajstić information content (AvgIpc) is 3.32. The van der Waals surface area contributed by atoms with Gasteiger partial charge in [-0.05, 0) is 67.4 Å². The second kappa shape index (κ2) is 8.15. The van der Waals surface area contributed by atoms with E-state index < -0.39 is 23.7 Å². The molecule has 6 rings (SSSR count). The van der Waals surface area contributed by atoms with E-state index in [2.05, 4.69) is 13.8 Å². The first-order valence-corrected chi connectivity index (χ1v) is 13.1.